The minimum absolute atomic E-state index is 0.145. The second-order valence-corrected chi connectivity index (χ2v) is 9.18. The maximum atomic E-state index is 12.5. The van der Waals surface area contributed by atoms with Crippen LogP contribution in [0.1, 0.15) is 31.3 Å². The summed E-state index contributed by atoms with van der Waals surface area (Å²) in [5.74, 6) is 1.34. The molecular formula is C20H25N3O5S. The summed E-state index contributed by atoms with van der Waals surface area (Å²) >= 11 is 0. The molecule has 1 saturated heterocycles. The first kappa shape index (κ1) is 19.9. The number of carbonyl (C=O) groups is 1. The topological polar surface area (TPSA) is 101 Å². The van der Waals surface area contributed by atoms with Gasteiger partial charge in [-0.05, 0) is 56.1 Å². The van der Waals surface area contributed by atoms with E-state index in [9.17, 15) is 13.2 Å². The molecule has 0 radical (unpaired) electrons. The first-order chi connectivity index (χ1) is 13.9. The number of esters is 1. The molecule has 0 saturated carbocycles. The van der Waals surface area contributed by atoms with Crippen molar-refractivity contribution in [3.63, 3.8) is 0 Å². The van der Waals surface area contributed by atoms with Gasteiger partial charge in [-0.3, -0.25) is 9.69 Å². The number of hydrogen-bond acceptors (Lipinski definition) is 7. The predicted molar refractivity (Wildman–Crippen MR) is 106 cm³/mol. The van der Waals surface area contributed by atoms with Crippen LogP contribution in [0, 0.1) is 5.92 Å². The molecule has 1 aromatic carbocycles. The fraction of sp³-hybridized carbons (Fsp3) is 0.450. The summed E-state index contributed by atoms with van der Waals surface area (Å²) < 4.78 is 38.5. The van der Waals surface area contributed by atoms with E-state index in [1.54, 1.807) is 18.2 Å². The summed E-state index contributed by atoms with van der Waals surface area (Å²) in [6.45, 7) is 3.90. The SMILES string of the molecule is CC(=O)OCc1ccc(CN2CCC(C3Nc4ccccc4S(=O)(=O)N3)CC2)o1. The Hall–Kier alpha value is -2.36. The molecule has 29 heavy (non-hydrogen) atoms. The lowest BCUT2D eigenvalue weighted by molar-refractivity contribution is -0.142. The van der Waals surface area contributed by atoms with Gasteiger partial charge in [0.15, 0.2) is 0 Å². The van der Waals surface area contributed by atoms with Crippen LogP contribution in [0.2, 0.25) is 0 Å². The van der Waals surface area contributed by atoms with Crippen molar-refractivity contribution in [2.24, 2.45) is 5.92 Å². The molecule has 1 unspecified atom stereocenters. The molecule has 0 bridgehead atoms. The van der Waals surface area contributed by atoms with Crippen molar-refractivity contribution in [3.8, 4) is 0 Å². The summed E-state index contributed by atoms with van der Waals surface area (Å²) in [6.07, 6.45) is 1.46. The summed E-state index contributed by atoms with van der Waals surface area (Å²) in [5.41, 5.74) is 0.662. The first-order valence-corrected chi connectivity index (χ1v) is 11.2. The van der Waals surface area contributed by atoms with Crippen molar-refractivity contribution in [1.82, 2.24) is 9.62 Å². The number of nitrogens with one attached hydrogen (secondary N) is 2. The zero-order valence-electron chi connectivity index (χ0n) is 16.3. The Labute approximate surface area is 170 Å². The van der Waals surface area contributed by atoms with Crippen molar-refractivity contribution >= 4 is 21.7 Å². The maximum Gasteiger partial charge on any atom is 0.303 e. The van der Waals surface area contributed by atoms with E-state index in [-0.39, 0.29) is 24.7 Å². The van der Waals surface area contributed by atoms with E-state index >= 15 is 0 Å². The third-order valence-corrected chi connectivity index (χ3v) is 6.89. The lowest BCUT2D eigenvalue weighted by Gasteiger charge is -2.38. The molecule has 3 heterocycles. The molecule has 1 aromatic heterocycles. The Morgan fingerprint density at radius 1 is 1.17 bits per heavy atom. The zero-order valence-corrected chi connectivity index (χ0v) is 17.1. The number of furan rings is 1. The molecule has 9 heteroatoms. The van der Waals surface area contributed by atoms with Crippen LogP contribution in [0.15, 0.2) is 45.7 Å². The van der Waals surface area contributed by atoms with E-state index in [0.717, 1.165) is 31.7 Å². The van der Waals surface area contributed by atoms with Gasteiger partial charge in [-0.2, -0.15) is 4.72 Å². The number of rotatable bonds is 5. The number of benzene rings is 1. The van der Waals surface area contributed by atoms with Crippen LogP contribution in [0.25, 0.3) is 0 Å². The number of anilines is 1. The zero-order chi connectivity index (χ0) is 20.4. The lowest BCUT2D eigenvalue weighted by Crippen LogP contribution is -2.51. The van der Waals surface area contributed by atoms with E-state index in [1.807, 2.05) is 18.2 Å². The van der Waals surface area contributed by atoms with E-state index in [0.29, 0.717) is 22.9 Å². The molecule has 2 N–H and O–H groups in total. The van der Waals surface area contributed by atoms with Crippen LogP contribution >= 0.6 is 0 Å². The van der Waals surface area contributed by atoms with Crippen LogP contribution < -0.4 is 10.0 Å². The first-order valence-electron chi connectivity index (χ1n) is 9.72. The summed E-state index contributed by atoms with van der Waals surface area (Å²) in [6, 6.07) is 10.7. The number of likely N-dealkylation sites (tertiary alicyclic amines) is 1. The molecule has 4 rings (SSSR count). The third-order valence-electron chi connectivity index (χ3n) is 5.39. The quantitative estimate of drug-likeness (QED) is 0.717. The van der Waals surface area contributed by atoms with Gasteiger partial charge in [0.1, 0.15) is 23.0 Å². The average molecular weight is 420 g/mol. The van der Waals surface area contributed by atoms with E-state index in [4.69, 9.17) is 9.15 Å². The lowest BCUT2D eigenvalue weighted by atomic mass is 9.93. The number of nitrogens with zero attached hydrogens (tertiary/aromatic N) is 1. The maximum absolute atomic E-state index is 12.5. The molecule has 1 atom stereocenters. The smallest absolute Gasteiger partial charge is 0.303 e. The van der Waals surface area contributed by atoms with Gasteiger partial charge < -0.3 is 14.5 Å². The Bertz CT molecular complexity index is 980. The number of fused-ring (bicyclic) bond motifs is 1. The van der Waals surface area contributed by atoms with E-state index < -0.39 is 10.0 Å². The van der Waals surface area contributed by atoms with Crippen LogP contribution in [0.5, 0.6) is 0 Å². The second-order valence-electron chi connectivity index (χ2n) is 7.50. The van der Waals surface area contributed by atoms with Gasteiger partial charge >= 0.3 is 5.97 Å². The van der Waals surface area contributed by atoms with Crippen LogP contribution in [0.4, 0.5) is 5.69 Å². The number of carbonyl (C=O) groups excluding carboxylic acids is 1. The number of ether oxygens (including phenoxy) is 1. The monoisotopic (exact) mass is 419 g/mol. The van der Waals surface area contributed by atoms with Gasteiger partial charge in [0.25, 0.3) is 0 Å². The summed E-state index contributed by atoms with van der Waals surface area (Å²) in [5, 5.41) is 3.34. The Kier molecular flexibility index (Phi) is 5.62. The fourth-order valence-electron chi connectivity index (χ4n) is 3.88. The number of piperidine rings is 1. The Morgan fingerprint density at radius 3 is 2.66 bits per heavy atom. The van der Waals surface area contributed by atoms with Crippen LogP contribution in [-0.2, 0) is 32.7 Å². The Balaban J connectivity index is 1.32. The molecule has 2 aliphatic heterocycles. The summed E-state index contributed by atoms with van der Waals surface area (Å²) in [7, 11) is -3.49. The molecule has 0 spiro atoms. The highest BCUT2D eigenvalue weighted by Gasteiger charge is 2.35. The minimum Gasteiger partial charge on any atom is -0.461 e. The van der Waals surface area contributed by atoms with Crippen molar-refractivity contribution < 1.29 is 22.4 Å². The van der Waals surface area contributed by atoms with Gasteiger partial charge in [0.2, 0.25) is 10.0 Å². The number of hydrogen-bond donors (Lipinski definition) is 2. The van der Waals surface area contributed by atoms with Crippen molar-refractivity contribution in [2.45, 2.75) is 44.0 Å². The van der Waals surface area contributed by atoms with Crippen LogP contribution in [0.3, 0.4) is 0 Å². The number of sulfonamides is 1. The van der Waals surface area contributed by atoms with Gasteiger partial charge in [-0.1, -0.05) is 12.1 Å². The number of para-hydroxylation sites is 1. The highest BCUT2D eigenvalue weighted by Crippen LogP contribution is 2.31. The standard InChI is InChI=1S/C20H25N3O5S/c1-14(24)27-13-17-7-6-16(28-17)12-23-10-8-15(9-11-23)20-21-18-4-2-3-5-19(18)29(25,26)22-20/h2-7,15,20-22H,8-13H2,1H3. The van der Waals surface area contributed by atoms with Gasteiger partial charge in [0, 0.05) is 6.92 Å². The normalized spacial score (nSPS) is 21.9. The summed E-state index contributed by atoms with van der Waals surface area (Å²) in [4.78, 5) is 13.5. The van der Waals surface area contributed by atoms with E-state index in [2.05, 4.69) is 14.9 Å². The molecule has 0 amide bonds. The largest absolute Gasteiger partial charge is 0.461 e. The Morgan fingerprint density at radius 2 is 1.90 bits per heavy atom. The molecular weight excluding hydrogens is 394 g/mol. The minimum atomic E-state index is -3.49. The highest BCUT2D eigenvalue weighted by molar-refractivity contribution is 7.89. The second kappa shape index (κ2) is 8.17. The third kappa shape index (κ3) is 4.63. The van der Waals surface area contributed by atoms with E-state index in [1.165, 1.54) is 6.92 Å². The van der Waals surface area contributed by atoms with Gasteiger partial charge in [-0.15, -0.1) is 0 Å². The van der Waals surface area contributed by atoms with Gasteiger partial charge in [-0.25, -0.2) is 8.42 Å². The van der Waals surface area contributed by atoms with Gasteiger partial charge in [0.05, 0.1) is 18.4 Å². The highest BCUT2D eigenvalue weighted by atomic mass is 32.2. The average Bonchev–Trinajstić information content (AvgIpc) is 3.14. The fourth-order valence-corrected chi connectivity index (χ4v) is 5.27. The molecule has 2 aromatic rings. The van der Waals surface area contributed by atoms with Crippen molar-refractivity contribution in [3.05, 3.63) is 47.9 Å². The van der Waals surface area contributed by atoms with Crippen molar-refractivity contribution in [1.29, 1.82) is 0 Å². The molecule has 156 valence electrons. The molecule has 2 aliphatic rings. The van der Waals surface area contributed by atoms with Crippen LogP contribution in [-0.4, -0.2) is 38.5 Å². The molecule has 1 fully saturated rings. The predicted octanol–water partition coefficient (Wildman–Crippen LogP) is 2.28. The molecule has 0 aliphatic carbocycles. The molecule has 8 nitrogen and oxygen atoms in total. The van der Waals surface area contributed by atoms with Crippen molar-refractivity contribution in [2.75, 3.05) is 18.4 Å².